The highest BCUT2D eigenvalue weighted by Crippen LogP contribution is 2.19. The number of hydrogen-bond donors (Lipinski definition) is 2. The van der Waals surface area contributed by atoms with Crippen LogP contribution < -0.4 is 10.6 Å². The minimum Gasteiger partial charge on any atom is -0.464 e. The zero-order chi connectivity index (χ0) is 17.8. The van der Waals surface area contributed by atoms with Crippen LogP contribution in [0, 0.1) is 5.82 Å². The summed E-state index contributed by atoms with van der Waals surface area (Å²) in [6, 6.07) is 12.4. The van der Waals surface area contributed by atoms with Crippen molar-refractivity contribution in [2.75, 3.05) is 11.9 Å². The number of cyclic esters (lactones) is 1. The molecule has 0 spiro atoms. The molecule has 2 N–H and O–H groups in total. The summed E-state index contributed by atoms with van der Waals surface area (Å²) in [5, 5.41) is 6.01. The lowest BCUT2D eigenvalue weighted by atomic mass is 10.1. The minimum atomic E-state index is -0.381. The van der Waals surface area contributed by atoms with Crippen LogP contribution in [0.5, 0.6) is 0 Å². The van der Waals surface area contributed by atoms with Crippen LogP contribution in [0.25, 0.3) is 0 Å². The van der Waals surface area contributed by atoms with Gasteiger partial charge in [0.05, 0.1) is 6.61 Å². The number of benzene rings is 2. The van der Waals surface area contributed by atoms with E-state index in [9.17, 15) is 14.0 Å². The number of ether oxygens (including phenoxy) is 1. The van der Waals surface area contributed by atoms with Gasteiger partial charge in [-0.15, -0.1) is 0 Å². The Balaban J connectivity index is 1.60. The molecule has 0 aliphatic carbocycles. The van der Waals surface area contributed by atoms with Gasteiger partial charge in [-0.3, -0.25) is 14.9 Å². The molecule has 0 aromatic heterocycles. The molecule has 2 aromatic rings. The zero-order valence-electron chi connectivity index (χ0n) is 13.8. The third-order valence-corrected chi connectivity index (χ3v) is 4.16. The van der Waals surface area contributed by atoms with Crippen LogP contribution in [0.2, 0.25) is 0 Å². The predicted octanol–water partition coefficient (Wildman–Crippen LogP) is 3.04. The second kappa shape index (κ2) is 7.44. The summed E-state index contributed by atoms with van der Waals surface area (Å²) >= 11 is 0. The highest BCUT2D eigenvalue weighted by Gasteiger charge is 2.27. The van der Waals surface area contributed by atoms with Crippen molar-refractivity contribution in [3.05, 3.63) is 65.5 Å². The van der Waals surface area contributed by atoms with E-state index in [1.54, 1.807) is 12.1 Å². The number of amides is 1. The quantitative estimate of drug-likeness (QED) is 0.820. The van der Waals surface area contributed by atoms with Crippen molar-refractivity contribution in [2.24, 2.45) is 0 Å². The Hall–Kier alpha value is -2.73. The molecule has 1 heterocycles. The van der Waals surface area contributed by atoms with E-state index in [2.05, 4.69) is 10.6 Å². The number of anilines is 1. The van der Waals surface area contributed by atoms with E-state index in [0.717, 1.165) is 5.56 Å². The Labute approximate surface area is 145 Å². The van der Waals surface area contributed by atoms with Crippen molar-refractivity contribution >= 4 is 17.6 Å². The first-order valence-corrected chi connectivity index (χ1v) is 8.12. The highest BCUT2D eigenvalue weighted by molar-refractivity contribution is 6.04. The van der Waals surface area contributed by atoms with Gasteiger partial charge < -0.3 is 10.1 Å². The SMILES string of the molecule is C[C@@H](N[C@H]1CCOC1=O)c1ccc(NC(=O)c2ccc(F)cc2)cc1. The Morgan fingerprint density at radius 1 is 1.16 bits per heavy atom. The lowest BCUT2D eigenvalue weighted by molar-refractivity contribution is -0.139. The van der Waals surface area contributed by atoms with Gasteiger partial charge in [0.1, 0.15) is 11.9 Å². The van der Waals surface area contributed by atoms with Crippen LogP contribution in [-0.4, -0.2) is 24.5 Å². The number of hydrogen-bond acceptors (Lipinski definition) is 4. The monoisotopic (exact) mass is 342 g/mol. The number of halogens is 1. The van der Waals surface area contributed by atoms with Gasteiger partial charge in [0, 0.05) is 23.7 Å². The minimum absolute atomic E-state index is 0.0162. The first-order chi connectivity index (χ1) is 12.0. The number of esters is 1. The molecule has 5 nitrogen and oxygen atoms in total. The average Bonchev–Trinajstić information content (AvgIpc) is 3.01. The predicted molar refractivity (Wildman–Crippen MR) is 91.7 cm³/mol. The fraction of sp³-hybridized carbons (Fsp3) is 0.263. The number of carbonyl (C=O) groups is 2. The van der Waals surface area contributed by atoms with Crippen molar-refractivity contribution in [1.29, 1.82) is 0 Å². The van der Waals surface area contributed by atoms with E-state index in [0.29, 0.717) is 24.3 Å². The number of nitrogens with one attached hydrogen (secondary N) is 2. The lowest BCUT2D eigenvalue weighted by Crippen LogP contribution is -2.35. The Kier molecular flexibility index (Phi) is 5.09. The molecule has 0 radical (unpaired) electrons. The van der Waals surface area contributed by atoms with E-state index >= 15 is 0 Å². The first kappa shape index (κ1) is 17.1. The van der Waals surface area contributed by atoms with Gasteiger partial charge in [-0.2, -0.15) is 0 Å². The molecular weight excluding hydrogens is 323 g/mol. The molecule has 6 heteroatoms. The molecule has 0 saturated carbocycles. The van der Waals surface area contributed by atoms with Crippen LogP contribution in [0.3, 0.4) is 0 Å². The van der Waals surface area contributed by atoms with Crippen LogP contribution >= 0.6 is 0 Å². The van der Waals surface area contributed by atoms with Gasteiger partial charge in [-0.05, 0) is 48.9 Å². The number of rotatable bonds is 5. The molecule has 1 fully saturated rings. The summed E-state index contributed by atoms with van der Waals surface area (Å²) in [6.07, 6.45) is 0.676. The van der Waals surface area contributed by atoms with E-state index in [1.165, 1.54) is 24.3 Å². The second-order valence-electron chi connectivity index (χ2n) is 5.98. The van der Waals surface area contributed by atoms with E-state index in [4.69, 9.17) is 4.74 Å². The first-order valence-electron chi connectivity index (χ1n) is 8.12. The third-order valence-electron chi connectivity index (χ3n) is 4.16. The van der Waals surface area contributed by atoms with Crippen LogP contribution in [0.15, 0.2) is 48.5 Å². The van der Waals surface area contributed by atoms with Crippen molar-refractivity contribution in [3.63, 3.8) is 0 Å². The summed E-state index contributed by atoms with van der Waals surface area (Å²) in [5.41, 5.74) is 2.03. The van der Waals surface area contributed by atoms with Gasteiger partial charge in [-0.25, -0.2) is 4.39 Å². The molecule has 0 bridgehead atoms. The van der Waals surface area contributed by atoms with Crippen molar-refractivity contribution in [2.45, 2.75) is 25.4 Å². The second-order valence-corrected chi connectivity index (χ2v) is 5.98. The Morgan fingerprint density at radius 3 is 2.44 bits per heavy atom. The largest absolute Gasteiger partial charge is 0.464 e. The maximum absolute atomic E-state index is 12.9. The molecule has 3 rings (SSSR count). The molecule has 1 saturated heterocycles. The van der Waals surface area contributed by atoms with Crippen molar-refractivity contribution < 1.29 is 18.7 Å². The topological polar surface area (TPSA) is 67.4 Å². The molecule has 1 aliphatic rings. The van der Waals surface area contributed by atoms with Gasteiger partial charge in [0.15, 0.2) is 0 Å². The molecule has 130 valence electrons. The fourth-order valence-corrected chi connectivity index (χ4v) is 2.70. The molecule has 1 aliphatic heterocycles. The average molecular weight is 342 g/mol. The van der Waals surface area contributed by atoms with E-state index < -0.39 is 0 Å². The van der Waals surface area contributed by atoms with Gasteiger partial charge in [0.2, 0.25) is 0 Å². The smallest absolute Gasteiger partial charge is 0.323 e. The fourth-order valence-electron chi connectivity index (χ4n) is 2.70. The van der Waals surface area contributed by atoms with Crippen LogP contribution in [0.4, 0.5) is 10.1 Å². The summed E-state index contributed by atoms with van der Waals surface area (Å²) in [4.78, 5) is 23.6. The van der Waals surface area contributed by atoms with E-state index in [1.807, 2.05) is 19.1 Å². The number of carbonyl (C=O) groups excluding carboxylic acids is 2. The van der Waals surface area contributed by atoms with Crippen molar-refractivity contribution in [3.8, 4) is 0 Å². The zero-order valence-corrected chi connectivity index (χ0v) is 13.8. The van der Waals surface area contributed by atoms with Crippen LogP contribution in [-0.2, 0) is 9.53 Å². The standard InChI is InChI=1S/C19H19FN2O3/c1-12(21-17-10-11-25-19(17)24)13-4-8-16(9-5-13)22-18(23)14-2-6-15(20)7-3-14/h2-9,12,17,21H,10-11H2,1H3,(H,22,23)/t12-,17+/m1/s1. The Bertz CT molecular complexity index is 759. The molecule has 25 heavy (non-hydrogen) atoms. The lowest BCUT2D eigenvalue weighted by Gasteiger charge is -2.17. The summed E-state index contributed by atoms with van der Waals surface area (Å²) in [6.45, 7) is 2.43. The summed E-state index contributed by atoms with van der Waals surface area (Å²) in [7, 11) is 0. The molecule has 2 atom stereocenters. The van der Waals surface area contributed by atoms with Crippen LogP contribution in [0.1, 0.15) is 35.3 Å². The molecule has 0 unspecified atom stereocenters. The maximum atomic E-state index is 12.9. The third kappa shape index (κ3) is 4.22. The van der Waals surface area contributed by atoms with Crippen molar-refractivity contribution in [1.82, 2.24) is 5.32 Å². The van der Waals surface area contributed by atoms with Gasteiger partial charge >= 0.3 is 5.97 Å². The van der Waals surface area contributed by atoms with E-state index in [-0.39, 0.29) is 29.8 Å². The Morgan fingerprint density at radius 2 is 1.84 bits per heavy atom. The molecule has 2 aromatic carbocycles. The van der Waals surface area contributed by atoms with Gasteiger partial charge in [-0.1, -0.05) is 12.1 Å². The summed E-state index contributed by atoms with van der Waals surface area (Å²) in [5.74, 6) is -0.892. The highest BCUT2D eigenvalue weighted by atomic mass is 19.1. The normalized spacial score (nSPS) is 17.8. The maximum Gasteiger partial charge on any atom is 0.323 e. The summed E-state index contributed by atoms with van der Waals surface area (Å²) < 4.78 is 17.8. The van der Waals surface area contributed by atoms with Gasteiger partial charge in [0.25, 0.3) is 5.91 Å². The molecular formula is C19H19FN2O3. The molecule has 1 amide bonds.